The number of likely N-dealkylation sites (tertiary alicyclic amines) is 1. The molecule has 0 bridgehead atoms. The van der Waals surface area contributed by atoms with E-state index in [-0.39, 0.29) is 0 Å². The molecule has 2 heteroatoms. The quantitative estimate of drug-likeness (QED) is 0.153. The summed E-state index contributed by atoms with van der Waals surface area (Å²) in [5.41, 5.74) is 9.52. The van der Waals surface area contributed by atoms with Crippen LogP contribution < -0.4 is 5.32 Å². The van der Waals surface area contributed by atoms with Gasteiger partial charge in [-0.2, -0.15) is 0 Å². The lowest BCUT2D eigenvalue weighted by molar-refractivity contribution is 0.224. The van der Waals surface area contributed by atoms with Gasteiger partial charge in [-0.15, -0.1) is 0 Å². The van der Waals surface area contributed by atoms with Gasteiger partial charge in [0.2, 0.25) is 0 Å². The smallest absolute Gasteiger partial charge is 0.00187 e. The van der Waals surface area contributed by atoms with E-state index in [9.17, 15) is 0 Å². The van der Waals surface area contributed by atoms with Gasteiger partial charge in [-0.25, -0.2) is 0 Å². The van der Waals surface area contributed by atoms with Gasteiger partial charge in [-0.1, -0.05) is 120 Å². The Morgan fingerprint density at radius 1 is 0.783 bits per heavy atom. The first-order valence-electron chi connectivity index (χ1n) is 20.1. The Kier molecular flexibility index (Phi) is 19.3. The zero-order valence-corrected chi connectivity index (χ0v) is 31.4. The second-order valence-corrected chi connectivity index (χ2v) is 14.8. The minimum atomic E-state index is 0.740. The molecule has 2 nitrogen and oxygen atoms in total. The summed E-state index contributed by atoms with van der Waals surface area (Å²) in [6.45, 7) is 16.6. The van der Waals surface area contributed by atoms with E-state index < -0.39 is 0 Å². The fourth-order valence-corrected chi connectivity index (χ4v) is 8.56. The van der Waals surface area contributed by atoms with Crippen molar-refractivity contribution in [1.82, 2.24) is 10.2 Å². The number of piperidine rings is 1. The van der Waals surface area contributed by atoms with Crippen molar-refractivity contribution in [3.8, 4) is 0 Å². The molecule has 2 aliphatic carbocycles. The highest BCUT2D eigenvalue weighted by Crippen LogP contribution is 2.46. The molecule has 0 radical (unpaired) electrons. The van der Waals surface area contributed by atoms with E-state index in [2.05, 4.69) is 74.5 Å². The van der Waals surface area contributed by atoms with Gasteiger partial charge >= 0.3 is 0 Å². The molecule has 0 spiro atoms. The molecule has 3 atom stereocenters. The van der Waals surface area contributed by atoms with Crippen LogP contribution in [0.1, 0.15) is 161 Å². The SMILES string of the molecule is CC.CCC1CC(C)CC1/C(C)=C(/C1=CC=C(CCCCCCN2CCCCC2)CC1)c1ccc(CCCCCCCNC)cc1. The molecule has 46 heavy (non-hydrogen) atoms. The molecular formula is C44H74N2. The highest BCUT2D eigenvalue weighted by atomic mass is 15.1. The molecule has 1 aromatic rings. The van der Waals surface area contributed by atoms with Crippen molar-refractivity contribution in [2.45, 2.75) is 157 Å². The molecule has 0 amide bonds. The van der Waals surface area contributed by atoms with Gasteiger partial charge in [-0.05, 0) is 157 Å². The number of hydrogen-bond donors (Lipinski definition) is 1. The summed E-state index contributed by atoms with van der Waals surface area (Å²) < 4.78 is 0. The first-order valence-corrected chi connectivity index (χ1v) is 20.1. The third kappa shape index (κ3) is 13.1. The summed E-state index contributed by atoms with van der Waals surface area (Å²) in [6.07, 6.45) is 30.7. The number of unbranched alkanes of at least 4 members (excludes halogenated alkanes) is 7. The summed E-state index contributed by atoms with van der Waals surface area (Å²) >= 11 is 0. The number of rotatable bonds is 19. The summed E-state index contributed by atoms with van der Waals surface area (Å²) in [7, 11) is 2.06. The van der Waals surface area contributed by atoms with E-state index in [1.54, 1.807) is 22.3 Å². The van der Waals surface area contributed by atoms with Crippen LogP contribution in [0.15, 0.2) is 53.1 Å². The van der Waals surface area contributed by atoms with Crippen molar-refractivity contribution in [3.63, 3.8) is 0 Å². The Labute approximate surface area is 287 Å². The Morgan fingerprint density at radius 2 is 1.46 bits per heavy atom. The predicted octanol–water partition coefficient (Wildman–Crippen LogP) is 12.4. The van der Waals surface area contributed by atoms with Crippen LogP contribution in [0, 0.1) is 17.8 Å². The fourth-order valence-electron chi connectivity index (χ4n) is 8.56. The maximum absolute atomic E-state index is 3.27. The lowest BCUT2D eigenvalue weighted by Gasteiger charge is -2.26. The largest absolute Gasteiger partial charge is 0.320 e. The van der Waals surface area contributed by atoms with Crippen LogP contribution in [0.25, 0.3) is 5.57 Å². The molecule has 1 heterocycles. The van der Waals surface area contributed by atoms with Crippen molar-refractivity contribution < 1.29 is 0 Å². The third-order valence-corrected chi connectivity index (χ3v) is 11.3. The van der Waals surface area contributed by atoms with E-state index in [4.69, 9.17) is 0 Å². The monoisotopic (exact) mass is 631 g/mol. The molecule has 3 aliphatic rings. The minimum absolute atomic E-state index is 0.740. The Morgan fingerprint density at radius 3 is 2.13 bits per heavy atom. The lowest BCUT2D eigenvalue weighted by atomic mass is 9.79. The van der Waals surface area contributed by atoms with E-state index in [1.807, 2.05) is 13.8 Å². The molecule has 1 saturated carbocycles. The van der Waals surface area contributed by atoms with Gasteiger partial charge in [0.1, 0.15) is 0 Å². The molecular weight excluding hydrogens is 556 g/mol. The van der Waals surface area contributed by atoms with E-state index in [0.717, 1.165) is 24.3 Å². The average molecular weight is 631 g/mol. The van der Waals surface area contributed by atoms with Crippen LogP contribution in [0.3, 0.4) is 0 Å². The maximum Gasteiger partial charge on any atom is -0.00187 e. The maximum atomic E-state index is 3.27. The van der Waals surface area contributed by atoms with Crippen molar-refractivity contribution in [2.75, 3.05) is 33.2 Å². The topological polar surface area (TPSA) is 15.3 Å². The molecule has 2 fully saturated rings. The van der Waals surface area contributed by atoms with Crippen LogP contribution in [-0.2, 0) is 6.42 Å². The Balaban J connectivity index is 0.00000282. The third-order valence-electron chi connectivity index (χ3n) is 11.3. The highest BCUT2D eigenvalue weighted by molar-refractivity contribution is 5.82. The van der Waals surface area contributed by atoms with Gasteiger partial charge in [-0.3, -0.25) is 0 Å². The number of nitrogens with zero attached hydrogens (tertiary/aromatic N) is 1. The van der Waals surface area contributed by atoms with Crippen LogP contribution in [-0.4, -0.2) is 38.1 Å². The minimum Gasteiger partial charge on any atom is -0.320 e. The molecule has 1 N–H and O–H groups in total. The van der Waals surface area contributed by atoms with Crippen molar-refractivity contribution in [3.05, 3.63) is 64.3 Å². The number of nitrogens with one attached hydrogen (secondary N) is 1. The first kappa shape index (κ1) is 38.8. The summed E-state index contributed by atoms with van der Waals surface area (Å²) in [6, 6.07) is 9.80. The summed E-state index contributed by atoms with van der Waals surface area (Å²) in [5.74, 6) is 2.44. The summed E-state index contributed by atoms with van der Waals surface area (Å²) in [5, 5.41) is 3.27. The van der Waals surface area contributed by atoms with E-state index >= 15 is 0 Å². The summed E-state index contributed by atoms with van der Waals surface area (Å²) in [4.78, 5) is 2.70. The molecule has 4 rings (SSSR count). The highest BCUT2D eigenvalue weighted by Gasteiger charge is 2.33. The molecule has 0 aromatic heterocycles. The first-order chi connectivity index (χ1) is 22.6. The zero-order valence-electron chi connectivity index (χ0n) is 31.4. The number of allylic oxidation sites excluding steroid dienone is 6. The molecule has 1 aliphatic heterocycles. The molecule has 260 valence electrons. The van der Waals surface area contributed by atoms with E-state index in [1.165, 1.54) is 153 Å². The molecule has 1 saturated heterocycles. The molecule has 3 unspecified atom stereocenters. The predicted molar refractivity (Wildman–Crippen MR) is 206 cm³/mol. The standard InChI is InChI=1S/C42H68N2.C2H6/c1-5-38-32-34(2)33-41(38)35(3)42(39-24-20-36(21-25-39)18-12-7-6-9-14-28-43-4)40-26-22-37(23-27-40)19-13-8-10-15-29-44-30-16-11-17-31-44;1-2/h20-22,24-26,34,38,41,43H,5-19,23,27-33H2,1-4H3;1-2H3/b42-35+;. The van der Waals surface area contributed by atoms with Crippen LogP contribution in [0.5, 0.6) is 0 Å². The molecule has 1 aromatic carbocycles. The Bertz CT molecular complexity index is 1040. The van der Waals surface area contributed by atoms with E-state index in [0.29, 0.717) is 0 Å². The van der Waals surface area contributed by atoms with Gasteiger partial charge in [0.15, 0.2) is 0 Å². The number of hydrogen-bond acceptors (Lipinski definition) is 2. The average Bonchev–Trinajstić information content (AvgIpc) is 3.49. The van der Waals surface area contributed by atoms with Crippen LogP contribution >= 0.6 is 0 Å². The van der Waals surface area contributed by atoms with Crippen molar-refractivity contribution in [2.24, 2.45) is 17.8 Å². The van der Waals surface area contributed by atoms with Crippen LogP contribution in [0.4, 0.5) is 0 Å². The Hall–Kier alpha value is -1.64. The number of benzene rings is 1. The zero-order chi connectivity index (χ0) is 33.0. The van der Waals surface area contributed by atoms with Gasteiger partial charge in [0.05, 0.1) is 0 Å². The van der Waals surface area contributed by atoms with Crippen LogP contribution in [0.2, 0.25) is 0 Å². The fraction of sp³-hybridized carbons (Fsp3) is 0.727. The number of aryl methyl sites for hydroxylation is 1. The van der Waals surface area contributed by atoms with Crippen molar-refractivity contribution >= 4 is 5.57 Å². The van der Waals surface area contributed by atoms with Crippen molar-refractivity contribution in [1.29, 1.82) is 0 Å². The second kappa shape index (κ2) is 22.8. The van der Waals surface area contributed by atoms with Gasteiger partial charge in [0.25, 0.3) is 0 Å². The normalized spacial score (nSPS) is 22.5. The van der Waals surface area contributed by atoms with Gasteiger partial charge < -0.3 is 10.2 Å². The lowest BCUT2D eigenvalue weighted by Crippen LogP contribution is -2.30. The van der Waals surface area contributed by atoms with Gasteiger partial charge in [0, 0.05) is 0 Å². The second-order valence-electron chi connectivity index (χ2n) is 14.8.